The highest BCUT2D eigenvalue weighted by Gasteiger charge is 2.20. The molecular formula is C20H26Cl2N4O. The van der Waals surface area contributed by atoms with Crippen LogP contribution in [0.4, 0.5) is 0 Å². The minimum atomic E-state index is 0.430. The molecule has 27 heavy (non-hydrogen) atoms. The molecule has 1 aliphatic heterocycles. The van der Waals surface area contributed by atoms with Gasteiger partial charge >= 0.3 is 0 Å². The van der Waals surface area contributed by atoms with Crippen molar-refractivity contribution >= 4 is 29.2 Å². The predicted octanol–water partition coefficient (Wildman–Crippen LogP) is 3.96. The zero-order valence-electron chi connectivity index (χ0n) is 15.5. The highest BCUT2D eigenvalue weighted by molar-refractivity contribution is 6.34. The molecule has 1 aromatic carbocycles. The fourth-order valence-corrected chi connectivity index (χ4v) is 3.91. The Kier molecular flexibility index (Phi) is 7.44. The second-order valence-corrected chi connectivity index (χ2v) is 7.67. The molecular weight excluding hydrogens is 383 g/mol. The van der Waals surface area contributed by atoms with Gasteiger partial charge in [0.15, 0.2) is 5.96 Å². The van der Waals surface area contributed by atoms with Gasteiger partial charge in [0.25, 0.3) is 0 Å². The molecule has 1 saturated heterocycles. The summed E-state index contributed by atoms with van der Waals surface area (Å²) in [6.07, 6.45) is 4.70. The molecule has 0 unspecified atom stereocenters. The fourth-order valence-electron chi connectivity index (χ4n) is 3.34. The third kappa shape index (κ3) is 6.45. The first-order valence-corrected chi connectivity index (χ1v) is 10.0. The molecule has 0 atom stereocenters. The summed E-state index contributed by atoms with van der Waals surface area (Å²) < 4.78 is 5.35. The molecule has 146 valence electrons. The average molecular weight is 409 g/mol. The Labute approximate surface area is 170 Å². The lowest BCUT2D eigenvalue weighted by Crippen LogP contribution is -2.48. The van der Waals surface area contributed by atoms with Crippen LogP contribution in [-0.4, -0.2) is 43.6 Å². The maximum absolute atomic E-state index is 6.10. The van der Waals surface area contributed by atoms with Gasteiger partial charge in [0.05, 0.1) is 6.26 Å². The van der Waals surface area contributed by atoms with Gasteiger partial charge in [-0.15, -0.1) is 0 Å². The maximum atomic E-state index is 6.10. The van der Waals surface area contributed by atoms with E-state index in [9.17, 15) is 0 Å². The van der Waals surface area contributed by atoms with Crippen molar-refractivity contribution in [2.24, 2.45) is 4.99 Å². The molecule has 2 aromatic rings. The summed E-state index contributed by atoms with van der Waals surface area (Å²) in [7, 11) is 1.81. The van der Waals surface area contributed by atoms with Crippen LogP contribution in [0.15, 0.2) is 46.0 Å². The number of likely N-dealkylation sites (tertiary alicyclic amines) is 1. The number of nitrogens with one attached hydrogen (secondary N) is 2. The Hall–Kier alpha value is -1.69. The Morgan fingerprint density at radius 2 is 1.96 bits per heavy atom. The Morgan fingerprint density at radius 1 is 1.22 bits per heavy atom. The van der Waals surface area contributed by atoms with Gasteiger partial charge in [-0.25, -0.2) is 0 Å². The van der Waals surface area contributed by atoms with Crippen molar-refractivity contribution < 1.29 is 4.42 Å². The molecule has 0 amide bonds. The summed E-state index contributed by atoms with van der Waals surface area (Å²) >= 11 is 12.2. The van der Waals surface area contributed by atoms with Crippen LogP contribution >= 0.6 is 23.2 Å². The third-order valence-corrected chi connectivity index (χ3v) is 5.16. The van der Waals surface area contributed by atoms with E-state index in [2.05, 4.69) is 20.5 Å². The number of nitrogens with zero attached hydrogens (tertiary/aromatic N) is 2. The Balaban J connectivity index is 1.40. The summed E-state index contributed by atoms with van der Waals surface area (Å²) in [5.74, 6) is 1.83. The van der Waals surface area contributed by atoms with Gasteiger partial charge < -0.3 is 15.1 Å². The SMILES string of the molecule is CN=C(NCCc1ccco1)NC1CCN(Cc2cc(Cl)cc(Cl)c2)CC1. The monoisotopic (exact) mass is 408 g/mol. The number of rotatable bonds is 6. The summed E-state index contributed by atoms with van der Waals surface area (Å²) in [6.45, 7) is 3.74. The number of hydrogen-bond donors (Lipinski definition) is 2. The van der Waals surface area contributed by atoms with E-state index in [4.69, 9.17) is 27.6 Å². The van der Waals surface area contributed by atoms with Crippen molar-refractivity contribution in [2.45, 2.75) is 31.8 Å². The maximum Gasteiger partial charge on any atom is 0.191 e. The van der Waals surface area contributed by atoms with Crippen LogP contribution in [-0.2, 0) is 13.0 Å². The first-order chi connectivity index (χ1) is 13.1. The smallest absolute Gasteiger partial charge is 0.191 e. The van der Waals surface area contributed by atoms with E-state index in [0.717, 1.165) is 62.7 Å². The van der Waals surface area contributed by atoms with E-state index in [-0.39, 0.29) is 0 Å². The van der Waals surface area contributed by atoms with Gasteiger partial charge in [-0.1, -0.05) is 23.2 Å². The number of halogens is 2. The van der Waals surface area contributed by atoms with Crippen LogP contribution in [0.3, 0.4) is 0 Å². The molecule has 0 aliphatic carbocycles. The first kappa shape index (κ1) is 20.1. The highest BCUT2D eigenvalue weighted by Crippen LogP contribution is 2.21. The molecule has 2 heterocycles. The topological polar surface area (TPSA) is 52.8 Å². The Morgan fingerprint density at radius 3 is 2.59 bits per heavy atom. The quantitative estimate of drug-likeness (QED) is 0.560. The van der Waals surface area contributed by atoms with Gasteiger partial charge in [-0.05, 0) is 48.7 Å². The lowest BCUT2D eigenvalue weighted by atomic mass is 10.0. The van der Waals surface area contributed by atoms with Crippen LogP contribution in [0.25, 0.3) is 0 Å². The number of hydrogen-bond acceptors (Lipinski definition) is 3. The van der Waals surface area contributed by atoms with Crippen molar-refractivity contribution in [3.8, 4) is 0 Å². The molecule has 1 aromatic heterocycles. The van der Waals surface area contributed by atoms with Gasteiger partial charge in [0.1, 0.15) is 5.76 Å². The van der Waals surface area contributed by atoms with Crippen molar-refractivity contribution in [1.29, 1.82) is 0 Å². The van der Waals surface area contributed by atoms with Crippen molar-refractivity contribution in [2.75, 3.05) is 26.7 Å². The molecule has 0 bridgehead atoms. The summed E-state index contributed by atoms with van der Waals surface area (Å²) in [6, 6.07) is 10.1. The molecule has 5 nitrogen and oxygen atoms in total. The number of guanidine groups is 1. The molecule has 3 rings (SSSR count). The van der Waals surface area contributed by atoms with Gasteiger partial charge in [-0.3, -0.25) is 9.89 Å². The second kappa shape index (κ2) is 10.0. The van der Waals surface area contributed by atoms with E-state index in [1.165, 1.54) is 0 Å². The van der Waals surface area contributed by atoms with Gasteiger partial charge in [-0.2, -0.15) is 0 Å². The lowest BCUT2D eigenvalue weighted by Gasteiger charge is -2.33. The highest BCUT2D eigenvalue weighted by atomic mass is 35.5. The number of furan rings is 1. The van der Waals surface area contributed by atoms with E-state index >= 15 is 0 Å². The third-order valence-electron chi connectivity index (χ3n) is 4.72. The molecule has 7 heteroatoms. The fraction of sp³-hybridized carbons (Fsp3) is 0.450. The standard InChI is InChI=1S/C20H26Cl2N4O/c1-23-20(24-7-4-19-3-2-10-27-19)25-18-5-8-26(9-6-18)14-15-11-16(21)13-17(22)12-15/h2-3,10-13,18H,4-9,14H2,1H3,(H2,23,24,25). The molecule has 0 radical (unpaired) electrons. The zero-order valence-corrected chi connectivity index (χ0v) is 17.1. The average Bonchev–Trinajstić information content (AvgIpc) is 3.15. The van der Waals surface area contributed by atoms with Crippen LogP contribution in [0.5, 0.6) is 0 Å². The van der Waals surface area contributed by atoms with Crippen LogP contribution < -0.4 is 10.6 Å². The van der Waals surface area contributed by atoms with Gasteiger partial charge in [0.2, 0.25) is 0 Å². The summed E-state index contributed by atoms with van der Waals surface area (Å²) in [5.41, 5.74) is 1.16. The largest absolute Gasteiger partial charge is 0.469 e. The number of piperidine rings is 1. The minimum Gasteiger partial charge on any atom is -0.469 e. The van der Waals surface area contributed by atoms with E-state index in [0.29, 0.717) is 16.1 Å². The molecule has 0 saturated carbocycles. The summed E-state index contributed by atoms with van der Waals surface area (Å²) in [4.78, 5) is 6.77. The van der Waals surface area contributed by atoms with E-state index in [1.807, 2.05) is 24.3 Å². The molecule has 0 spiro atoms. The van der Waals surface area contributed by atoms with Crippen molar-refractivity contribution in [3.63, 3.8) is 0 Å². The van der Waals surface area contributed by atoms with E-state index < -0.39 is 0 Å². The predicted molar refractivity (Wildman–Crippen MR) is 112 cm³/mol. The van der Waals surface area contributed by atoms with Crippen molar-refractivity contribution in [1.82, 2.24) is 15.5 Å². The summed E-state index contributed by atoms with van der Waals surface area (Å²) in [5, 5.41) is 8.27. The van der Waals surface area contributed by atoms with Crippen LogP contribution in [0, 0.1) is 0 Å². The number of aliphatic imine (C=N–C) groups is 1. The first-order valence-electron chi connectivity index (χ1n) is 9.29. The molecule has 1 aliphatic rings. The van der Waals surface area contributed by atoms with Crippen molar-refractivity contribution in [3.05, 3.63) is 58.0 Å². The lowest BCUT2D eigenvalue weighted by molar-refractivity contribution is 0.198. The minimum absolute atomic E-state index is 0.430. The number of benzene rings is 1. The zero-order chi connectivity index (χ0) is 19.1. The molecule has 2 N–H and O–H groups in total. The normalized spacial score (nSPS) is 16.5. The molecule has 1 fully saturated rings. The van der Waals surface area contributed by atoms with Gasteiger partial charge in [0, 0.05) is 55.7 Å². The Bertz CT molecular complexity index is 720. The second-order valence-electron chi connectivity index (χ2n) is 6.80. The van der Waals surface area contributed by atoms with Crippen LogP contribution in [0.2, 0.25) is 10.0 Å². The van der Waals surface area contributed by atoms with Crippen LogP contribution in [0.1, 0.15) is 24.2 Å². The van der Waals surface area contributed by atoms with E-state index in [1.54, 1.807) is 19.4 Å².